The highest BCUT2D eigenvalue weighted by Gasteiger charge is 2.35. The van der Waals surface area contributed by atoms with Crippen LogP contribution < -0.4 is 10.9 Å². The number of hydrogen-bond acceptors (Lipinski definition) is 4. The quantitative estimate of drug-likeness (QED) is 0.837. The molecule has 1 aromatic carbocycles. The van der Waals surface area contributed by atoms with Gasteiger partial charge in [-0.25, -0.2) is 4.79 Å². The van der Waals surface area contributed by atoms with Gasteiger partial charge in [0.05, 0.1) is 23.7 Å². The normalized spacial score (nSPS) is 16.4. The van der Waals surface area contributed by atoms with Gasteiger partial charge in [0.25, 0.3) is 5.56 Å². The predicted molar refractivity (Wildman–Crippen MR) is 93.3 cm³/mol. The first kappa shape index (κ1) is 16.3. The second-order valence-electron chi connectivity index (χ2n) is 5.51. The first-order chi connectivity index (χ1) is 11.5. The van der Waals surface area contributed by atoms with Gasteiger partial charge in [-0.15, -0.1) is 0 Å². The van der Waals surface area contributed by atoms with Crippen LogP contribution in [0.15, 0.2) is 52.6 Å². The van der Waals surface area contributed by atoms with Gasteiger partial charge in [0.15, 0.2) is 0 Å². The highest BCUT2D eigenvalue weighted by molar-refractivity contribution is 6.30. The van der Waals surface area contributed by atoms with Crippen molar-refractivity contribution in [1.82, 2.24) is 4.98 Å². The van der Waals surface area contributed by atoms with E-state index in [0.29, 0.717) is 27.5 Å². The predicted octanol–water partition coefficient (Wildman–Crippen LogP) is 3.42. The molecule has 2 N–H and O–H groups in total. The summed E-state index contributed by atoms with van der Waals surface area (Å²) >= 11 is 6.12. The fraction of sp³-hybridized carbons (Fsp3) is 0.222. The summed E-state index contributed by atoms with van der Waals surface area (Å²) in [5, 5.41) is 3.67. The Bertz CT molecular complexity index is 886. The number of carbonyl (C=O) groups is 1. The number of esters is 1. The van der Waals surface area contributed by atoms with Gasteiger partial charge < -0.3 is 15.0 Å². The number of pyridine rings is 1. The molecular formula is C18H17ClN2O3. The number of aromatic amines is 1. The first-order valence-corrected chi connectivity index (χ1v) is 8.02. The summed E-state index contributed by atoms with van der Waals surface area (Å²) in [6, 6.07) is 8.95. The van der Waals surface area contributed by atoms with Crippen LogP contribution in [0.3, 0.4) is 0 Å². The lowest BCUT2D eigenvalue weighted by Crippen LogP contribution is -2.29. The van der Waals surface area contributed by atoms with E-state index in [-0.39, 0.29) is 12.2 Å². The maximum Gasteiger partial charge on any atom is 0.336 e. The molecule has 5 nitrogen and oxygen atoms in total. The number of aromatic nitrogens is 1. The molecule has 3 rings (SSSR count). The first-order valence-electron chi connectivity index (χ1n) is 7.65. The van der Waals surface area contributed by atoms with E-state index < -0.39 is 11.9 Å². The molecule has 0 bridgehead atoms. The van der Waals surface area contributed by atoms with Crippen molar-refractivity contribution in [3.8, 4) is 0 Å². The molecule has 0 amide bonds. The maximum absolute atomic E-state index is 12.5. The van der Waals surface area contributed by atoms with E-state index >= 15 is 0 Å². The van der Waals surface area contributed by atoms with E-state index in [1.165, 1.54) is 0 Å². The van der Waals surface area contributed by atoms with Crippen LogP contribution in [0.4, 0.5) is 5.69 Å². The van der Waals surface area contributed by atoms with Gasteiger partial charge in [0.1, 0.15) is 0 Å². The van der Waals surface area contributed by atoms with Crippen LogP contribution in [0.2, 0.25) is 5.02 Å². The second-order valence-corrected chi connectivity index (χ2v) is 5.94. The van der Waals surface area contributed by atoms with Crippen LogP contribution in [0.1, 0.15) is 30.9 Å². The minimum Gasteiger partial charge on any atom is -0.463 e. The molecule has 0 spiro atoms. The largest absolute Gasteiger partial charge is 0.463 e. The number of carbonyl (C=O) groups excluding carboxylic acids is 1. The van der Waals surface area contributed by atoms with Gasteiger partial charge in [-0.1, -0.05) is 23.7 Å². The highest BCUT2D eigenvalue weighted by atomic mass is 35.5. The molecule has 1 atom stereocenters. The number of fused-ring (bicyclic) bond motifs is 1. The zero-order chi connectivity index (χ0) is 17.3. The molecule has 1 aliphatic heterocycles. The molecule has 0 aliphatic carbocycles. The van der Waals surface area contributed by atoms with Crippen molar-refractivity contribution in [2.45, 2.75) is 19.8 Å². The summed E-state index contributed by atoms with van der Waals surface area (Å²) in [4.78, 5) is 27.7. The van der Waals surface area contributed by atoms with Crippen molar-refractivity contribution < 1.29 is 9.53 Å². The Morgan fingerprint density at radius 2 is 2.12 bits per heavy atom. The number of halogens is 1. The number of H-pyrrole nitrogens is 1. The van der Waals surface area contributed by atoms with Crippen molar-refractivity contribution in [3.63, 3.8) is 0 Å². The molecule has 1 aliphatic rings. The molecule has 124 valence electrons. The number of anilines is 1. The molecule has 0 fully saturated rings. The summed E-state index contributed by atoms with van der Waals surface area (Å²) < 4.78 is 5.21. The van der Waals surface area contributed by atoms with Gasteiger partial charge >= 0.3 is 5.97 Å². The molecule has 24 heavy (non-hydrogen) atoms. The minimum atomic E-state index is -0.538. The highest BCUT2D eigenvalue weighted by Crippen LogP contribution is 2.40. The molecule has 0 radical (unpaired) electrons. The lowest BCUT2D eigenvalue weighted by molar-refractivity contribution is -0.138. The summed E-state index contributed by atoms with van der Waals surface area (Å²) in [7, 11) is 0. The molecule has 2 heterocycles. The molecule has 6 heteroatoms. The summed E-state index contributed by atoms with van der Waals surface area (Å²) in [6.07, 6.45) is 1.58. The van der Waals surface area contributed by atoms with Crippen LogP contribution in [0, 0.1) is 0 Å². The zero-order valence-electron chi connectivity index (χ0n) is 13.4. The van der Waals surface area contributed by atoms with Gasteiger partial charge in [0.2, 0.25) is 0 Å². The minimum absolute atomic E-state index is 0.251. The fourth-order valence-corrected chi connectivity index (χ4v) is 3.21. The lowest BCUT2D eigenvalue weighted by Gasteiger charge is -2.29. The van der Waals surface area contributed by atoms with Gasteiger partial charge in [-0.05, 0) is 37.6 Å². The topological polar surface area (TPSA) is 71.2 Å². The smallest absolute Gasteiger partial charge is 0.336 e. The zero-order valence-corrected chi connectivity index (χ0v) is 14.1. The van der Waals surface area contributed by atoms with Crippen LogP contribution in [0.25, 0.3) is 0 Å². The van der Waals surface area contributed by atoms with Gasteiger partial charge in [0, 0.05) is 22.6 Å². The third-order valence-corrected chi connectivity index (χ3v) is 4.22. The second kappa shape index (κ2) is 6.53. The Kier molecular flexibility index (Phi) is 4.44. The monoisotopic (exact) mass is 344 g/mol. The van der Waals surface area contributed by atoms with Crippen LogP contribution in [-0.4, -0.2) is 17.6 Å². The number of allylic oxidation sites excluding steroid dienone is 1. The Morgan fingerprint density at radius 3 is 2.83 bits per heavy atom. The molecule has 1 unspecified atom stereocenters. The van der Waals surface area contributed by atoms with Gasteiger partial charge in [-0.3, -0.25) is 4.79 Å². The SMILES string of the molecule is CCOC(=O)C1=C(C)Nc2cc[nH]c(=O)c2C1c1cccc(Cl)c1. The van der Waals surface area contributed by atoms with E-state index in [4.69, 9.17) is 16.3 Å². The lowest BCUT2D eigenvalue weighted by atomic mass is 9.81. The van der Waals surface area contributed by atoms with Crippen molar-refractivity contribution in [3.05, 3.63) is 74.3 Å². The molecule has 2 aromatic rings. The number of nitrogens with one attached hydrogen (secondary N) is 2. The van der Waals surface area contributed by atoms with Gasteiger partial charge in [-0.2, -0.15) is 0 Å². The van der Waals surface area contributed by atoms with Crippen LogP contribution in [0.5, 0.6) is 0 Å². The molecular weight excluding hydrogens is 328 g/mol. The average Bonchev–Trinajstić information content (AvgIpc) is 2.54. The third-order valence-electron chi connectivity index (χ3n) is 3.98. The van der Waals surface area contributed by atoms with E-state index in [1.54, 1.807) is 44.3 Å². The Balaban J connectivity index is 2.26. The third kappa shape index (κ3) is 2.83. The van der Waals surface area contributed by atoms with E-state index in [1.807, 2.05) is 6.07 Å². The molecule has 1 aromatic heterocycles. The van der Waals surface area contributed by atoms with Crippen LogP contribution in [-0.2, 0) is 9.53 Å². The Morgan fingerprint density at radius 1 is 1.33 bits per heavy atom. The van der Waals surface area contributed by atoms with Crippen molar-refractivity contribution in [2.24, 2.45) is 0 Å². The number of hydrogen-bond donors (Lipinski definition) is 2. The van der Waals surface area contributed by atoms with Crippen molar-refractivity contribution in [2.75, 3.05) is 11.9 Å². The van der Waals surface area contributed by atoms with Crippen molar-refractivity contribution >= 4 is 23.3 Å². The standard InChI is InChI=1S/C18H17ClN2O3/c1-3-24-18(23)14-10(2)21-13-7-8-20-17(22)16(13)15(14)11-5-4-6-12(19)9-11/h4-9,15,21H,3H2,1-2H3,(H,20,22). The summed E-state index contributed by atoms with van der Waals surface area (Å²) in [5.41, 5.74) is 2.76. The molecule has 0 saturated carbocycles. The Labute approximate surface area is 144 Å². The van der Waals surface area contributed by atoms with Crippen molar-refractivity contribution in [1.29, 1.82) is 0 Å². The van der Waals surface area contributed by atoms with E-state index in [2.05, 4.69) is 10.3 Å². The number of benzene rings is 1. The Hall–Kier alpha value is -2.53. The number of ether oxygens (including phenoxy) is 1. The summed E-state index contributed by atoms with van der Waals surface area (Å²) in [5.74, 6) is -0.981. The average molecular weight is 345 g/mol. The van der Waals surface area contributed by atoms with E-state index in [0.717, 1.165) is 5.56 Å². The fourth-order valence-electron chi connectivity index (χ4n) is 3.02. The summed E-state index contributed by atoms with van der Waals surface area (Å²) in [6.45, 7) is 3.81. The maximum atomic E-state index is 12.5. The van der Waals surface area contributed by atoms with E-state index in [9.17, 15) is 9.59 Å². The molecule has 0 saturated heterocycles. The number of rotatable bonds is 3. The van der Waals surface area contributed by atoms with Crippen LogP contribution >= 0.6 is 11.6 Å².